The molecule has 1 atom stereocenters. The van der Waals surface area contributed by atoms with Crippen LogP contribution in [0.1, 0.15) is 6.92 Å². The second kappa shape index (κ2) is 8.90. The van der Waals surface area contributed by atoms with Gasteiger partial charge >= 0.3 is 0 Å². The standard InChI is InChI=1S/C22H21FN2O3/c1-15(22(26)25-18-7-5-6-16(23)14-18)24-17-10-12-19(13-11-17)28-21-9-4-3-8-20(21)27-2/h3-15,24H,1-2H3,(H,25,26). The van der Waals surface area contributed by atoms with Crippen molar-refractivity contribution in [2.75, 3.05) is 17.7 Å². The summed E-state index contributed by atoms with van der Waals surface area (Å²) in [6.45, 7) is 1.73. The van der Waals surface area contributed by atoms with E-state index in [1.54, 1.807) is 38.3 Å². The number of anilines is 2. The highest BCUT2D eigenvalue weighted by atomic mass is 19.1. The van der Waals surface area contributed by atoms with E-state index in [0.29, 0.717) is 22.9 Å². The van der Waals surface area contributed by atoms with Gasteiger partial charge < -0.3 is 20.1 Å². The molecule has 3 aromatic carbocycles. The van der Waals surface area contributed by atoms with Gasteiger partial charge in [-0.05, 0) is 61.5 Å². The number of hydrogen-bond donors (Lipinski definition) is 2. The van der Waals surface area contributed by atoms with Crippen molar-refractivity contribution in [3.8, 4) is 17.2 Å². The van der Waals surface area contributed by atoms with Crippen LogP contribution in [0.4, 0.5) is 15.8 Å². The summed E-state index contributed by atoms with van der Waals surface area (Å²) in [5.74, 6) is 1.25. The van der Waals surface area contributed by atoms with Gasteiger partial charge in [0.15, 0.2) is 11.5 Å². The minimum Gasteiger partial charge on any atom is -0.493 e. The van der Waals surface area contributed by atoms with Crippen molar-refractivity contribution in [2.45, 2.75) is 13.0 Å². The molecule has 3 aromatic rings. The molecular formula is C22H21FN2O3. The molecule has 144 valence electrons. The van der Waals surface area contributed by atoms with E-state index in [2.05, 4.69) is 10.6 Å². The van der Waals surface area contributed by atoms with Crippen molar-refractivity contribution in [3.05, 3.63) is 78.6 Å². The second-order valence-corrected chi connectivity index (χ2v) is 6.14. The molecule has 0 aliphatic rings. The lowest BCUT2D eigenvalue weighted by Crippen LogP contribution is -2.31. The summed E-state index contributed by atoms with van der Waals surface area (Å²) in [4.78, 5) is 12.3. The predicted molar refractivity (Wildman–Crippen MR) is 108 cm³/mol. The van der Waals surface area contributed by atoms with Crippen molar-refractivity contribution < 1.29 is 18.7 Å². The second-order valence-electron chi connectivity index (χ2n) is 6.14. The maximum atomic E-state index is 13.2. The number of para-hydroxylation sites is 2. The highest BCUT2D eigenvalue weighted by Gasteiger charge is 2.13. The summed E-state index contributed by atoms with van der Waals surface area (Å²) in [6, 6.07) is 19.9. The van der Waals surface area contributed by atoms with Gasteiger partial charge in [-0.1, -0.05) is 18.2 Å². The molecule has 0 heterocycles. The Morgan fingerprint density at radius 1 is 0.929 bits per heavy atom. The summed E-state index contributed by atoms with van der Waals surface area (Å²) in [5, 5.41) is 5.78. The average molecular weight is 380 g/mol. The van der Waals surface area contributed by atoms with Gasteiger partial charge in [0.1, 0.15) is 17.6 Å². The topological polar surface area (TPSA) is 59.6 Å². The molecule has 0 saturated heterocycles. The van der Waals surface area contributed by atoms with E-state index < -0.39 is 11.9 Å². The average Bonchev–Trinajstić information content (AvgIpc) is 2.70. The third-order valence-electron chi connectivity index (χ3n) is 4.02. The van der Waals surface area contributed by atoms with Gasteiger partial charge in [-0.25, -0.2) is 4.39 Å². The number of methoxy groups -OCH3 is 1. The van der Waals surface area contributed by atoms with E-state index in [4.69, 9.17) is 9.47 Å². The largest absolute Gasteiger partial charge is 0.493 e. The molecule has 5 nitrogen and oxygen atoms in total. The fourth-order valence-electron chi connectivity index (χ4n) is 2.58. The highest BCUT2D eigenvalue weighted by Crippen LogP contribution is 2.31. The number of halogens is 1. The van der Waals surface area contributed by atoms with Crippen molar-refractivity contribution in [1.82, 2.24) is 0 Å². The monoisotopic (exact) mass is 380 g/mol. The lowest BCUT2D eigenvalue weighted by Gasteiger charge is -2.16. The molecule has 0 radical (unpaired) electrons. The maximum Gasteiger partial charge on any atom is 0.246 e. The van der Waals surface area contributed by atoms with Gasteiger partial charge in [-0.2, -0.15) is 0 Å². The number of hydrogen-bond acceptors (Lipinski definition) is 4. The first-order valence-electron chi connectivity index (χ1n) is 8.79. The van der Waals surface area contributed by atoms with Gasteiger partial charge in [0.25, 0.3) is 0 Å². The Hall–Kier alpha value is -3.54. The first-order chi connectivity index (χ1) is 13.5. The fourth-order valence-corrected chi connectivity index (χ4v) is 2.58. The van der Waals surface area contributed by atoms with Crippen LogP contribution in [0.5, 0.6) is 17.2 Å². The Morgan fingerprint density at radius 2 is 1.64 bits per heavy atom. The molecule has 6 heteroatoms. The van der Waals surface area contributed by atoms with Gasteiger partial charge in [0.05, 0.1) is 7.11 Å². The Morgan fingerprint density at radius 3 is 2.32 bits per heavy atom. The Balaban J connectivity index is 1.59. The molecule has 0 aliphatic heterocycles. The lowest BCUT2D eigenvalue weighted by molar-refractivity contribution is -0.116. The van der Waals surface area contributed by atoms with Gasteiger partial charge in [-0.15, -0.1) is 0 Å². The van der Waals surface area contributed by atoms with Crippen LogP contribution in [0.25, 0.3) is 0 Å². The zero-order valence-corrected chi connectivity index (χ0v) is 15.6. The van der Waals surface area contributed by atoms with Crippen LogP contribution in [0.3, 0.4) is 0 Å². The highest BCUT2D eigenvalue weighted by molar-refractivity contribution is 5.96. The first-order valence-corrected chi connectivity index (χ1v) is 8.79. The quantitative estimate of drug-likeness (QED) is 0.601. The van der Waals surface area contributed by atoms with E-state index in [0.717, 1.165) is 5.69 Å². The molecule has 0 aliphatic carbocycles. The number of carbonyl (C=O) groups is 1. The van der Waals surface area contributed by atoms with Crippen molar-refractivity contribution >= 4 is 17.3 Å². The van der Waals surface area contributed by atoms with Crippen LogP contribution in [0.15, 0.2) is 72.8 Å². The Labute approximate surface area is 163 Å². The van der Waals surface area contributed by atoms with E-state index in [1.807, 2.05) is 36.4 Å². The van der Waals surface area contributed by atoms with Crippen LogP contribution in [0.2, 0.25) is 0 Å². The minimum absolute atomic E-state index is 0.264. The zero-order chi connectivity index (χ0) is 19.9. The van der Waals surface area contributed by atoms with E-state index in [9.17, 15) is 9.18 Å². The van der Waals surface area contributed by atoms with Crippen molar-refractivity contribution in [3.63, 3.8) is 0 Å². The Bertz CT molecular complexity index is 945. The number of benzene rings is 3. The van der Waals surface area contributed by atoms with Crippen molar-refractivity contribution in [1.29, 1.82) is 0 Å². The summed E-state index contributed by atoms with van der Waals surface area (Å²) < 4.78 is 24.3. The van der Waals surface area contributed by atoms with Gasteiger partial charge in [0.2, 0.25) is 5.91 Å². The molecule has 1 unspecified atom stereocenters. The number of amides is 1. The molecular weight excluding hydrogens is 359 g/mol. The third kappa shape index (κ3) is 5.01. The molecule has 0 spiro atoms. The van der Waals surface area contributed by atoms with Crippen LogP contribution in [-0.4, -0.2) is 19.1 Å². The number of nitrogens with one attached hydrogen (secondary N) is 2. The van der Waals surface area contributed by atoms with Gasteiger partial charge in [0, 0.05) is 11.4 Å². The van der Waals surface area contributed by atoms with E-state index in [1.165, 1.54) is 12.1 Å². The molecule has 0 saturated carbocycles. The normalized spacial score (nSPS) is 11.4. The number of rotatable bonds is 7. The smallest absolute Gasteiger partial charge is 0.246 e. The molecule has 3 rings (SSSR count). The summed E-state index contributed by atoms with van der Waals surface area (Å²) in [5.41, 5.74) is 1.17. The summed E-state index contributed by atoms with van der Waals surface area (Å²) in [7, 11) is 1.59. The lowest BCUT2D eigenvalue weighted by atomic mass is 10.2. The van der Waals surface area contributed by atoms with Crippen LogP contribution in [0, 0.1) is 5.82 Å². The summed E-state index contributed by atoms with van der Waals surface area (Å²) in [6.07, 6.45) is 0. The van der Waals surface area contributed by atoms with Gasteiger partial charge in [-0.3, -0.25) is 4.79 Å². The van der Waals surface area contributed by atoms with Crippen LogP contribution in [-0.2, 0) is 4.79 Å². The molecule has 28 heavy (non-hydrogen) atoms. The SMILES string of the molecule is COc1ccccc1Oc1ccc(NC(C)C(=O)Nc2cccc(F)c2)cc1. The zero-order valence-electron chi connectivity index (χ0n) is 15.6. The number of ether oxygens (including phenoxy) is 2. The molecule has 2 N–H and O–H groups in total. The predicted octanol–water partition coefficient (Wildman–Crippen LogP) is 5.07. The molecule has 0 fully saturated rings. The summed E-state index contributed by atoms with van der Waals surface area (Å²) >= 11 is 0. The molecule has 0 bridgehead atoms. The van der Waals surface area contributed by atoms with Crippen LogP contribution >= 0.6 is 0 Å². The molecule has 1 amide bonds. The van der Waals surface area contributed by atoms with Crippen LogP contribution < -0.4 is 20.1 Å². The number of carbonyl (C=O) groups excluding carboxylic acids is 1. The maximum absolute atomic E-state index is 13.2. The molecule has 0 aromatic heterocycles. The third-order valence-corrected chi connectivity index (χ3v) is 4.02. The minimum atomic E-state index is -0.510. The van der Waals surface area contributed by atoms with E-state index >= 15 is 0 Å². The Kier molecular flexibility index (Phi) is 6.11. The van der Waals surface area contributed by atoms with Crippen molar-refractivity contribution in [2.24, 2.45) is 0 Å². The fraction of sp³-hybridized carbons (Fsp3) is 0.136. The first kappa shape index (κ1) is 19.2. The van der Waals surface area contributed by atoms with E-state index in [-0.39, 0.29) is 5.91 Å².